The van der Waals surface area contributed by atoms with Crippen LogP contribution in [-0.4, -0.2) is 60.5 Å². The molecule has 0 bridgehead atoms. The van der Waals surface area contributed by atoms with Gasteiger partial charge >= 0.3 is 6.36 Å². The summed E-state index contributed by atoms with van der Waals surface area (Å²) in [5.74, 6) is -0.509. The van der Waals surface area contributed by atoms with Crippen LogP contribution >= 0.6 is 0 Å². The molecule has 0 spiro atoms. The smallest absolute Gasteiger partial charge is 0.406 e. The zero-order valence-corrected chi connectivity index (χ0v) is 18.3. The van der Waals surface area contributed by atoms with Crippen LogP contribution in [-0.2, 0) is 21.8 Å². The van der Waals surface area contributed by atoms with Gasteiger partial charge in [-0.2, -0.15) is 4.31 Å². The van der Waals surface area contributed by atoms with Crippen molar-refractivity contribution in [1.82, 2.24) is 13.9 Å². The van der Waals surface area contributed by atoms with E-state index in [0.29, 0.717) is 12.3 Å². The molecule has 4 rings (SSSR count). The molecule has 2 aliphatic rings. The summed E-state index contributed by atoms with van der Waals surface area (Å²) in [5.41, 5.74) is 0.412. The molecule has 12 heteroatoms. The number of nitrogens with zero attached hydrogens (tertiary/aromatic N) is 3. The fourth-order valence-corrected chi connectivity index (χ4v) is 5.74. The van der Waals surface area contributed by atoms with Gasteiger partial charge in [0.25, 0.3) is 10.0 Å². The number of aromatic nitrogens is 2. The Balaban J connectivity index is 1.56. The van der Waals surface area contributed by atoms with E-state index in [-0.39, 0.29) is 41.9 Å². The average Bonchev–Trinajstić information content (AvgIpc) is 3.35. The molecule has 0 saturated carbocycles. The molecule has 1 aromatic heterocycles. The zero-order chi connectivity index (χ0) is 22.9. The van der Waals surface area contributed by atoms with Gasteiger partial charge in [0, 0.05) is 56.7 Å². The Morgan fingerprint density at radius 3 is 2.72 bits per heavy atom. The number of hydrogen-bond donors (Lipinski definition) is 1. The first-order valence-electron chi connectivity index (χ1n) is 10.3. The number of aryl methyl sites for hydroxylation is 1. The molecule has 2 fully saturated rings. The van der Waals surface area contributed by atoms with E-state index >= 15 is 0 Å². The molecule has 0 aliphatic carbocycles. The fraction of sp³-hybridized carbons (Fsp3) is 0.550. The third-order valence-electron chi connectivity index (χ3n) is 5.73. The molecule has 32 heavy (non-hydrogen) atoms. The first-order valence-corrected chi connectivity index (χ1v) is 11.8. The molecule has 8 nitrogen and oxygen atoms in total. The van der Waals surface area contributed by atoms with Crippen LogP contribution in [0.15, 0.2) is 41.8 Å². The minimum Gasteiger partial charge on any atom is -0.406 e. The van der Waals surface area contributed by atoms with Gasteiger partial charge < -0.3 is 19.4 Å². The predicted molar refractivity (Wildman–Crippen MR) is 110 cm³/mol. The molecule has 1 unspecified atom stereocenters. The summed E-state index contributed by atoms with van der Waals surface area (Å²) in [6.45, 7) is 0.990. The maximum absolute atomic E-state index is 13.1. The highest BCUT2D eigenvalue weighted by Crippen LogP contribution is 2.34. The summed E-state index contributed by atoms with van der Waals surface area (Å²) in [7, 11) is -2.12. The van der Waals surface area contributed by atoms with E-state index < -0.39 is 16.4 Å². The van der Waals surface area contributed by atoms with Gasteiger partial charge in [-0.1, -0.05) is 6.07 Å². The molecule has 3 atom stereocenters. The third-order valence-corrected chi connectivity index (χ3v) is 7.45. The fourth-order valence-electron chi connectivity index (χ4n) is 4.27. The molecular formula is C20H25F3N4O4S. The molecule has 2 aliphatic heterocycles. The van der Waals surface area contributed by atoms with Gasteiger partial charge in [-0.25, -0.2) is 13.4 Å². The van der Waals surface area contributed by atoms with Gasteiger partial charge in [0.05, 0.1) is 12.4 Å². The van der Waals surface area contributed by atoms with Crippen LogP contribution < -0.4 is 10.1 Å². The van der Waals surface area contributed by atoms with Crippen molar-refractivity contribution in [3.05, 3.63) is 36.8 Å². The summed E-state index contributed by atoms with van der Waals surface area (Å²) in [5, 5.41) is 3.18. The van der Waals surface area contributed by atoms with E-state index in [0.717, 1.165) is 19.3 Å². The molecular weight excluding hydrogens is 449 g/mol. The lowest BCUT2D eigenvalue weighted by Crippen LogP contribution is -2.39. The van der Waals surface area contributed by atoms with Crippen LogP contribution in [0.25, 0.3) is 0 Å². The van der Waals surface area contributed by atoms with Crippen LogP contribution in [0.1, 0.15) is 19.3 Å². The Morgan fingerprint density at radius 1 is 1.25 bits per heavy atom. The van der Waals surface area contributed by atoms with Crippen molar-refractivity contribution in [1.29, 1.82) is 0 Å². The second-order valence-electron chi connectivity index (χ2n) is 8.09. The number of nitrogens with one attached hydrogen (secondary N) is 1. The monoisotopic (exact) mass is 474 g/mol. The van der Waals surface area contributed by atoms with Gasteiger partial charge in [0.15, 0.2) is 5.03 Å². The molecule has 3 heterocycles. The van der Waals surface area contributed by atoms with Crippen molar-refractivity contribution in [3.63, 3.8) is 0 Å². The first-order chi connectivity index (χ1) is 15.1. The summed E-state index contributed by atoms with van der Waals surface area (Å²) >= 11 is 0. The van der Waals surface area contributed by atoms with E-state index in [1.165, 1.54) is 35.0 Å². The van der Waals surface area contributed by atoms with Crippen LogP contribution in [0, 0.1) is 5.92 Å². The molecule has 2 aromatic rings. The molecule has 1 N–H and O–H groups in total. The Hall–Kier alpha value is -2.31. The van der Waals surface area contributed by atoms with Crippen LogP contribution in [0.4, 0.5) is 18.9 Å². The maximum Gasteiger partial charge on any atom is 0.573 e. The number of halogens is 3. The highest BCUT2D eigenvalue weighted by atomic mass is 32.2. The van der Waals surface area contributed by atoms with Crippen molar-refractivity contribution in [2.24, 2.45) is 13.0 Å². The topological polar surface area (TPSA) is 85.7 Å². The van der Waals surface area contributed by atoms with Crippen molar-refractivity contribution >= 4 is 15.7 Å². The third kappa shape index (κ3) is 5.18. The number of rotatable bonds is 6. The van der Waals surface area contributed by atoms with Crippen molar-refractivity contribution in [2.75, 3.05) is 25.0 Å². The summed E-state index contributed by atoms with van der Waals surface area (Å²) in [6.07, 6.45) is 0.673. The Bertz CT molecular complexity index is 1040. The number of benzene rings is 1. The van der Waals surface area contributed by atoms with Crippen LogP contribution in [0.2, 0.25) is 0 Å². The predicted octanol–water partition coefficient (Wildman–Crippen LogP) is 2.99. The summed E-state index contributed by atoms with van der Waals surface area (Å²) in [4.78, 5) is 3.98. The van der Waals surface area contributed by atoms with Crippen LogP contribution in [0.3, 0.4) is 0 Å². The second-order valence-corrected chi connectivity index (χ2v) is 9.98. The van der Waals surface area contributed by atoms with Gasteiger partial charge in [0.1, 0.15) is 5.75 Å². The minimum absolute atomic E-state index is 0.0375. The Morgan fingerprint density at radius 2 is 2.06 bits per heavy atom. The number of hydrogen-bond acceptors (Lipinski definition) is 6. The van der Waals surface area contributed by atoms with E-state index in [2.05, 4.69) is 15.0 Å². The molecule has 0 amide bonds. The van der Waals surface area contributed by atoms with Gasteiger partial charge in [-0.15, -0.1) is 13.2 Å². The zero-order valence-electron chi connectivity index (χ0n) is 17.5. The number of ether oxygens (including phenoxy) is 2. The van der Waals surface area contributed by atoms with Crippen LogP contribution in [0.5, 0.6) is 5.75 Å². The van der Waals surface area contributed by atoms with E-state index in [9.17, 15) is 21.6 Å². The van der Waals surface area contributed by atoms with Crippen molar-refractivity contribution in [3.8, 4) is 5.75 Å². The lowest BCUT2D eigenvalue weighted by atomic mass is 9.91. The van der Waals surface area contributed by atoms with E-state index in [4.69, 9.17) is 4.74 Å². The molecule has 0 radical (unpaired) electrons. The average molecular weight is 475 g/mol. The van der Waals surface area contributed by atoms with Crippen molar-refractivity contribution in [2.45, 2.75) is 42.8 Å². The SMILES string of the molecule is Cn1cnc(S(=O)(=O)N2C[C@@H](Nc3cccc(OC(F)(F)F)c3)[C@H](C3CCCCO3)C2)c1. The number of imidazole rings is 1. The van der Waals surface area contributed by atoms with Gasteiger partial charge in [0.2, 0.25) is 0 Å². The summed E-state index contributed by atoms with van der Waals surface area (Å²) < 4.78 is 76.9. The Labute approximate surface area is 184 Å². The van der Waals surface area contributed by atoms with E-state index in [1.54, 1.807) is 17.7 Å². The maximum atomic E-state index is 13.1. The minimum atomic E-state index is -4.79. The largest absolute Gasteiger partial charge is 0.573 e. The quantitative estimate of drug-likeness (QED) is 0.693. The van der Waals surface area contributed by atoms with Gasteiger partial charge in [-0.05, 0) is 31.4 Å². The number of sulfonamides is 1. The lowest BCUT2D eigenvalue weighted by Gasteiger charge is -2.31. The summed E-state index contributed by atoms with van der Waals surface area (Å²) in [6, 6.07) is 5.19. The molecule has 176 valence electrons. The normalized spacial score (nSPS) is 25.1. The first kappa shape index (κ1) is 22.9. The standard InChI is InChI=1S/C20H25F3N4O4S/c1-26-12-19(24-13-26)32(28,29)27-10-16(18-7-2-3-8-30-18)17(11-27)25-14-5-4-6-15(9-14)31-20(21,22)23/h4-6,9,12-13,16-18,25H,2-3,7-8,10-11H2,1H3/t16-,17-,18?/m1/s1. The Kier molecular flexibility index (Phi) is 6.37. The highest BCUT2D eigenvalue weighted by molar-refractivity contribution is 7.89. The van der Waals surface area contributed by atoms with E-state index in [1.807, 2.05) is 0 Å². The van der Waals surface area contributed by atoms with Gasteiger partial charge in [-0.3, -0.25) is 0 Å². The molecule has 2 saturated heterocycles. The number of alkyl halides is 3. The lowest BCUT2D eigenvalue weighted by molar-refractivity contribution is -0.274. The number of anilines is 1. The highest BCUT2D eigenvalue weighted by Gasteiger charge is 2.44. The second kappa shape index (κ2) is 8.91. The van der Waals surface area contributed by atoms with Crippen molar-refractivity contribution < 1.29 is 31.1 Å². The molecule has 1 aromatic carbocycles.